The Bertz CT molecular complexity index is 1530. The number of carbonyl (C=O) groups excluding carboxylic acids is 2. The summed E-state index contributed by atoms with van der Waals surface area (Å²) in [6, 6.07) is 17.3. The third-order valence-corrected chi connectivity index (χ3v) is 11.2. The number of fused-ring (bicyclic) bond motifs is 3. The quantitative estimate of drug-likeness (QED) is 0.357. The Morgan fingerprint density at radius 2 is 1.70 bits per heavy atom. The van der Waals surface area contributed by atoms with Gasteiger partial charge in [0, 0.05) is 37.3 Å². The number of para-hydroxylation sites is 2. The molecule has 7 rings (SSSR count). The number of benzene rings is 2. The van der Waals surface area contributed by atoms with Crippen molar-refractivity contribution in [3.05, 3.63) is 65.7 Å². The van der Waals surface area contributed by atoms with Crippen LogP contribution in [0.25, 0.3) is 11.0 Å². The minimum Gasteiger partial charge on any atom is -0.354 e. The lowest BCUT2D eigenvalue weighted by atomic mass is 9.70. The van der Waals surface area contributed by atoms with Crippen LogP contribution in [0.1, 0.15) is 82.6 Å². The van der Waals surface area contributed by atoms with Crippen molar-refractivity contribution in [3.63, 3.8) is 0 Å². The molecule has 3 aromatic rings. The zero-order valence-electron chi connectivity index (χ0n) is 26.3. The average molecular weight is 600 g/mol. The molecule has 3 unspecified atom stereocenters. The summed E-state index contributed by atoms with van der Waals surface area (Å²) >= 11 is 0. The number of aryl methyl sites for hydroxylation is 1. The first-order valence-corrected chi connectivity index (χ1v) is 16.8. The number of likely N-dealkylation sites (tertiary alicyclic amines) is 1. The van der Waals surface area contributed by atoms with Gasteiger partial charge in [-0.1, -0.05) is 24.3 Å². The van der Waals surface area contributed by atoms with Crippen LogP contribution in [0.15, 0.2) is 48.5 Å². The van der Waals surface area contributed by atoms with E-state index in [4.69, 9.17) is 4.98 Å². The fraction of sp³-hybridized carbons (Fsp3) is 0.583. The SMILES string of the molecule is Cc1nc2ccccc2n1C1C[C@H]2CC[C@@H](C1)N2CCC1(c2cccc(F)c2)CCN(C(=O)C2CC2C(=O)NC(C)C)CC1. The topological polar surface area (TPSA) is 70.5 Å². The molecule has 1 N–H and O–H groups in total. The molecule has 2 amide bonds. The Kier molecular flexibility index (Phi) is 7.76. The lowest BCUT2D eigenvalue weighted by Gasteiger charge is -2.45. The van der Waals surface area contributed by atoms with E-state index in [1.807, 2.05) is 24.8 Å². The van der Waals surface area contributed by atoms with E-state index < -0.39 is 0 Å². The Hall–Kier alpha value is -3.26. The van der Waals surface area contributed by atoms with Crippen LogP contribution in [0, 0.1) is 24.6 Å². The minimum absolute atomic E-state index is 0.000691. The Morgan fingerprint density at radius 1 is 0.977 bits per heavy atom. The number of aromatic nitrogens is 2. The maximum atomic E-state index is 14.6. The van der Waals surface area contributed by atoms with Crippen LogP contribution in [0.4, 0.5) is 4.39 Å². The van der Waals surface area contributed by atoms with Gasteiger partial charge in [-0.3, -0.25) is 14.5 Å². The lowest BCUT2D eigenvalue weighted by molar-refractivity contribution is -0.136. The van der Waals surface area contributed by atoms with Crippen molar-refractivity contribution in [2.24, 2.45) is 11.8 Å². The van der Waals surface area contributed by atoms with Crippen molar-refractivity contribution < 1.29 is 14.0 Å². The molecule has 4 fully saturated rings. The molecule has 7 nitrogen and oxygen atoms in total. The fourth-order valence-electron chi connectivity index (χ4n) is 8.83. The molecule has 1 saturated carbocycles. The van der Waals surface area contributed by atoms with Gasteiger partial charge in [-0.25, -0.2) is 9.37 Å². The number of halogens is 1. The number of amides is 2. The second-order valence-electron chi connectivity index (χ2n) is 14.2. The van der Waals surface area contributed by atoms with E-state index in [9.17, 15) is 14.0 Å². The molecule has 2 aromatic carbocycles. The third kappa shape index (κ3) is 5.44. The van der Waals surface area contributed by atoms with Crippen LogP contribution >= 0.6 is 0 Å². The summed E-state index contributed by atoms with van der Waals surface area (Å²) in [5.41, 5.74) is 3.22. The molecule has 44 heavy (non-hydrogen) atoms. The Labute approximate surface area is 260 Å². The van der Waals surface area contributed by atoms with Crippen molar-refractivity contribution in [3.8, 4) is 0 Å². The highest BCUT2D eigenvalue weighted by Gasteiger charge is 2.51. The van der Waals surface area contributed by atoms with E-state index >= 15 is 0 Å². The van der Waals surface area contributed by atoms with E-state index in [2.05, 4.69) is 52.0 Å². The highest BCUT2D eigenvalue weighted by atomic mass is 19.1. The second kappa shape index (κ2) is 11.6. The molecule has 8 heteroatoms. The number of nitrogens with one attached hydrogen (secondary N) is 1. The molecule has 0 radical (unpaired) electrons. The van der Waals surface area contributed by atoms with E-state index in [-0.39, 0.29) is 40.9 Å². The maximum absolute atomic E-state index is 14.6. The first-order chi connectivity index (χ1) is 21.2. The third-order valence-electron chi connectivity index (χ3n) is 11.2. The fourth-order valence-corrected chi connectivity index (χ4v) is 8.83. The number of imidazole rings is 1. The number of rotatable bonds is 8. The zero-order valence-corrected chi connectivity index (χ0v) is 26.3. The van der Waals surface area contributed by atoms with Crippen LogP contribution in [0.2, 0.25) is 0 Å². The Balaban J connectivity index is 1.03. The highest BCUT2D eigenvalue weighted by Crippen LogP contribution is 2.46. The molecule has 234 valence electrons. The maximum Gasteiger partial charge on any atom is 0.226 e. The van der Waals surface area contributed by atoms with Gasteiger partial charge in [-0.2, -0.15) is 0 Å². The van der Waals surface area contributed by atoms with Gasteiger partial charge < -0.3 is 14.8 Å². The molecular weight excluding hydrogens is 553 g/mol. The molecular formula is C36H46FN5O2. The molecule has 1 aliphatic carbocycles. The number of nitrogens with zero attached hydrogens (tertiary/aromatic N) is 4. The van der Waals surface area contributed by atoms with Crippen LogP contribution in [0.3, 0.4) is 0 Å². The van der Waals surface area contributed by atoms with Gasteiger partial charge in [0.05, 0.1) is 22.9 Å². The predicted molar refractivity (Wildman–Crippen MR) is 170 cm³/mol. The minimum atomic E-state index is -0.193. The summed E-state index contributed by atoms with van der Waals surface area (Å²) in [7, 11) is 0. The standard InChI is InChI=1S/C36H46FN5O2/c1-23(2)38-34(43)30-22-31(30)35(44)40-16-13-36(14-17-40,25-7-6-8-26(37)19-25)15-18-41-27-11-12-28(41)21-29(20-27)42-24(3)39-32-9-4-5-10-33(32)42/h4-10,19,23,27-31H,11-18,20-22H2,1-3H3,(H,38,43)/t27-,28+,29?,30?,31?. The van der Waals surface area contributed by atoms with E-state index in [0.29, 0.717) is 37.6 Å². The largest absolute Gasteiger partial charge is 0.354 e. The number of hydrogen-bond donors (Lipinski definition) is 1. The Morgan fingerprint density at radius 3 is 2.41 bits per heavy atom. The molecule has 1 aromatic heterocycles. The number of hydrogen-bond acceptors (Lipinski definition) is 4. The van der Waals surface area contributed by atoms with Gasteiger partial charge >= 0.3 is 0 Å². The molecule has 3 saturated heterocycles. The van der Waals surface area contributed by atoms with Crippen molar-refractivity contribution in [2.75, 3.05) is 19.6 Å². The lowest BCUT2D eigenvalue weighted by Crippen LogP contribution is -2.49. The van der Waals surface area contributed by atoms with Gasteiger partial charge in [0.2, 0.25) is 11.8 Å². The summed E-state index contributed by atoms with van der Waals surface area (Å²) in [5, 5.41) is 2.96. The molecule has 2 bridgehead atoms. The first-order valence-electron chi connectivity index (χ1n) is 16.8. The van der Waals surface area contributed by atoms with Crippen molar-refractivity contribution in [2.45, 2.75) is 102 Å². The second-order valence-corrected chi connectivity index (χ2v) is 14.2. The van der Waals surface area contributed by atoms with Gasteiger partial charge in [-0.15, -0.1) is 0 Å². The number of piperidine rings is 2. The molecule has 4 aliphatic rings. The van der Waals surface area contributed by atoms with E-state index in [0.717, 1.165) is 55.6 Å². The average Bonchev–Trinajstić information content (AvgIpc) is 3.69. The smallest absolute Gasteiger partial charge is 0.226 e. The summed E-state index contributed by atoms with van der Waals surface area (Å²) in [4.78, 5) is 35.4. The summed E-state index contributed by atoms with van der Waals surface area (Å²) < 4.78 is 17.0. The highest BCUT2D eigenvalue weighted by molar-refractivity contribution is 5.92. The van der Waals surface area contributed by atoms with Gasteiger partial charge in [0.25, 0.3) is 0 Å². The van der Waals surface area contributed by atoms with E-state index in [1.54, 1.807) is 6.07 Å². The van der Waals surface area contributed by atoms with Crippen molar-refractivity contribution >= 4 is 22.8 Å². The van der Waals surface area contributed by atoms with Crippen LogP contribution < -0.4 is 5.32 Å². The molecule has 5 atom stereocenters. The summed E-state index contributed by atoms with van der Waals surface area (Å²) in [6.45, 7) is 8.35. The normalized spacial score (nSPS) is 28.0. The molecule has 4 heterocycles. The van der Waals surface area contributed by atoms with Gasteiger partial charge in [-0.05, 0) is 114 Å². The number of carbonyl (C=O) groups is 2. The molecule has 0 spiro atoms. The van der Waals surface area contributed by atoms with Crippen molar-refractivity contribution in [1.29, 1.82) is 0 Å². The van der Waals surface area contributed by atoms with Gasteiger partial charge in [0.15, 0.2) is 0 Å². The van der Waals surface area contributed by atoms with E-state index in [1.165, 1.54) is 24.4 Å². The van der Waals surface area contributed by atoms with Crippen LogP contribution in [-0.2, 0) is 15.0 Å². The van der Waals surface area contributed by atoms with Crippen LogP contribution in [0.5, 0.6) is 0 Å². The zero-order chi connectivity index (χ0) is 30.6. The first kappa shape index (κ1) is 29.5. The summed E-state index contributed by atoms with van der Waals surface area (Å²) in [6.07, 6.45) is 8.00. The molecule has 3 aliphatic heterocycles. The van der Waals surface area contributed by atoms with Crippen LogP contribution in [-0.4, -0.2) is 68.9 Å². The van der Waals surface area contributed by atoms with Crippen molar-refractivity contribution in [1.82, 2.24) is 24.7 Å². The summed E-state index contributed by atoms with van der Waals surface area (Å²) in [5.74, 6) is 0.643. The predicted octanol–water partition coefficient (Wildman–Crippen LogP) is 5.76. The monoisotopic (exact) mass is 599 g/mol. The van der Waals surface area contributed by atoms with Gasteiger partial charge in [0.1, 0.15) is 11.6 Å².